The van der Waals surface area contributed by atoms with Gasteiger partial charge in [0.05, 0.1) is 16.2 Å². The zero-order valence-corrected chi connectivity index (χ0v) is 18.6. The molecule has 0 saturated carbocycles. The molecule has 2 aromatic carbocycles. The summed E-state index contributed by atoms with van der Waals surface area (Å²) in [5.74, 6) is -6.50. The van der Waals surface area contributed by atoms with E-state index in [1.54, 1.807) is 0 Å². The van der Waals surface area contributed by atoms with Crippen LogP contribution in [0.3, 0.4) is 0 Å². The van der Waals surface area contributed by atoms with E-state index in [1.807, 2.05) is 0 Å². The van der Waals surface area contributed by atoms with Crippen LogP contribution in [-0.4, -0.2) is 30.5 Å². The lowest BCUT2D eigenvalue weighted by Gasteiger charge is -2.39. The van der Waals surface area contributed by atoms with Crippen LogP contribution in [0.1, 0.15) is 15.9 Å². The van der Waals surface area contributed by atoms with Crippen molar-refractivity contribution in [3.8, 4) is 11.5 Å². The molecule has 2 unspecified atom stereocenters. The van der Waals surface area contributed by atoms with Gasteiger partial charge in [-0.1, -0.05) is 23.7 Å². The molecule has 6 nitrogen and oxygen atoms in total. The number of allylic oxidation sites excluding steroid dienone is 2. The van der Waals surface area contributed by atoms with Gasteiger partial charge in [0.2, 0.25) is 0 Å². The summed E-state index contributed by atoms with van der Waals surface area (Å²) in [4.78, 5) is 23.5. The van der Waals surface area contributed by atoms with E-state index < -0.39 is 80.7 Å². The van der Waals surface area contributed by atoms with Gasteiger partial charge in [-0.15, -0.1) is 13.2 Å². The number of alkyl halides is 7. The number of amides is 2. The van der Waals surface area contributed by atoms with E-state index >= 15 is 4.39 Å². The maximum absolute atomic E-state index is 15.7. The number of carbonyl (C=O) groups is 2. The van der Waals surface area contributed by atoms with Crippen LogP contribution in [0.2, 0.25) is 5.02 Å². The minimum absolute atomic E-state index is 0.256. The largest absolute Gasteiger partial charge is 0.573 e. The molecule has 2 aromatic rings. The van der Waals surface area contributed by atoms with E-state index in [0.29, 0.717) is 30.3 Å². The van der Waals surface area contributed by atoms with Crippen molar-refractivity contribution in [2.75, 3.05) is 0 Å². The fraction of sp³-hybridized carbons (Fsp3) is 0.182. The molecule has 1 aliphatic carbocycles. The van der Waals surface area contributed by atoms with E-state index in [4.69, 9.17) is 27.8 Å². The zero-order valence-electron chi connectivity index (χ0n) is 17.9. The van der Waals surface area contributed by atoms with E-state index in [0.717, 1.165) is 12.1 Å². The third-order valence-electron chi connectivity index (χ3n) is 5.22. The summed E-state index contributed by atoms with van der Waals surface area (Å²) < 4.78 is 119. The van der Waals surface area contributed by atoms with Gasteiger partial charge in [0.15, 0.2) is 6.17 Å². The summed E-state index contributed by atoms with van der Waals surface area (Å²) in [7, 11) is 0. The summed E-state index contributed by atoms with van der Waals surface area (Å²) in [5.41, 5.74) is 3.21. The second-order valence-corrected chi connectivity index (χ2v) is 7.91. The first-order chi connectivity index (χ1) is 17.0. The second kappa shape index (κ2) is 9.57. The molecule has 15 heteroatoms. The molecule has 4 N–H and O–H groups in total. The van der Waals surface area contributed by atoms with Gasteiger partial charge in [0.25, 0.3) is 11.8 Å². The van der Waals surface area contributed by atoms with Gasteiger partial charge in [-0.2, -0.15) is 13.2 Å². The van der Waals surface area contributed by atoms with Gasteiger partial charge >= 0.3 is 12.5 Å². The van der Waals surface area contributed by atoms with Crippen LogP contribution < -0.4 is 20.9 Å². The first-order valence-corrected chi connectivity index (χ1v) is 10.1. The third-order valence-corrected chi connectivity index (χ3v) is 5.51. The van der Waals surface area contributed by atoms with Crippen LogP contribution in [0.5, 0.6) is 11.5 Å². The van der Waals surface area contributed by atoms with Crippen molar-refractivity contribution < 1.29 is 54.2 Å². The van der Waals surface area contributed by atoms with Crippen LogP contribution in [0.15, 0.2) is 59.9 Å². The summed E-state index contributed by atoms with van der Waals surface area (Å²) in [6, 6.07) is 3.62. The molecule has 0 aliphatic heterocycles. The van der Waals surface area contributed by atoms with Crippen molar-refractivity contribution in [2.45, 2.75) is 24.1 Å². The highest BCUT2D eigenvalue weighted by Gasteiger charge is 2.63. The highest BCUT2D eigenvalue weighted by atomic mass is 35.5. The van der Waals surface area contributed by atoms with Crippen LogP contribution in [0.25, 0.3) is 0 Å². The number of primary amides is 2. The Labute approximate surface area is 207 Å². The summed E-state index contributed by atoms with van der Waals surface area (Å²) in [6.45, 7) is 0. The van der Waals surface area contributed by atoms with Crippen molar-refractivity contribution >= 4 is 23.4 Å². The first-order valence-electron chi connectivity index (χ1n) is 9.75. The number of benzene rings is 2. The van der Waals surface area contributed by atoms with Crippen molar-refractivity contribution in [1.82, 2.24) is 0 Å². The Morgan fingerprint density at radius 2 is 1.62 bits per heavy atom. The predicted octanol–water partition coefficient (Wildman–Crippen LogP) is 5.00. The van der Waals surface area contributed by atoms with E-state index in [-0.39, 0.29) is 6.08 Å². The van der Waals surface area contributed by atoms with E-state index in [1.165, 1.54) is 0 Å². The Morgan fingerprint density at radius 1 is 0.973 bits per heavy atom. The molecule has 0 saturated heterocycles. The predicted molar refractivity (Wildman–Crippen MR) is 112 cm³/mol. The average Bonchev–Trinajstić information content (AvgIpc) is 2.74. The highest BCUT2D eigenvalue weighted by molar-refractivity contribution is 6.32. The topological polar surface area (TPSA) is 105 Å². The molecule has 0 heterocycles. The third kappa shape index (κ3) is 5.33. The van der Waals surface area contributed by atoms with Crippen molar-refractivity contribution in [1.29, 1.82) is 0 Å². The molecule has 2 amide bonds. The lowest BCUT2D eigenvalue weighted by atomic mass is 9.70. The van der Waals surface area contributed by atoms with Crippen molar-refractivity contribution in [2.24, 2.45) is 11.5 Å². The molecule has 0 aromatic heterocycles. The molecule has 0 spiro atoms. The SMILES string of the molecule is NC(=O)C1=C(Oc2ccc(OC(F)(F)F)cc2Cl)C=CC(c2ccc(F)c(C(N)=O)c2)(C(F)(F)F)C1F. The van der Waals surface area contributed by atoms with Gasteiger partial charge < -0.3 is 20.9 Å². The minimum Gasteiger partial charge on any atom is -0.455 e. The number of hydrogen-bond acceptors (Lipinski definition) is 4. The van der Waals surface area contributed by atoms with Gasteiger partial charge in [0.1, 0.15) is 28.5 Å². The molecule has 0 radical (unpaired) electrons. The number of carbonyl (C=O) groups excluding carboxylic acids is 2. The number of nitrogens with two attached hydrogens (primary N) is 2. The summed E-state index contributed by atoms with van der Waals surface area (Å²) in [5, 5.41) is -0.542. The smallest absolute Gasteiger partial charge is 0.455 e. The quantitative estimate of drug-likeness (QED) is 0.489. The van der Waals surface area contributed by atoms with Crippen LogP contribution >= 0.6 is 11.6 Å². The Kier molecular flexibility index (Phi) is 7.19. The molecule has 37 heavy (non-hydrogen) atoms. The second-order valence-electron chi connectivity index (χ2n) is 7.51. The fourth-order valence-corrected chi connectivity index (χ4v) is 3.77. The number of rotatable bonds is 6. The van der Waals surface area contributed by atoms with Crippen LogP contribution in [0, 0.1) is 5.82 Å². The number of halogens is 9. The van der Waals surface area contributed by atoms with E-state index in [9.17, 15) is 40.3 Å². The van der Waals surface area contributed by atoms with Gasteiger partial charge in [-0.3, -0.25) is 9.59 Å². The molecule has 0 bridgehead atoms. The molecule has 0 fully saturated rings. The first kappa shape index (κ1) is 27.8. The van der Waals surface area contributed by atoms with E-state index in [2.05, 4.69) is 4.74 Å². The van der Waals surface area contributed by atoms with Crippen LogP contribution in [0.4, 0.5) is 35.1 Å². The maximum Gasteiger partial charge on any atom is 0.573 e. The fourth-order valence-electron chi connectivity index (χ4n) is 3.57. The molecule has 198 valence electrons. The van der Waals surface area contributed by atoms with Crippen molar-refractivity contribution in [3.63, 3.8) is 0 Å². The Morgan fingerprint density at radius 3 is 2.14 bits per heavy atom. The summed E-state index contributed by atoms with van der Waals surface area (Å²) in [6.07, 6.45) is -13.0. The number of hydrogen-bond donors (Lipinski definition) is 2. The molecule has 1 aliphatic rings. The normalized spacial score (nSPS) is 20.1. The van der Waals surface area contributed by atoms with Gasteiger partial charge in [0, 0.05) is 6.07 Å². The Balaban J connectivity index is 2.12. The lowest BCUT2D eigenvalue weighted by Crippen LogP contribution is -2.52. The Bertz CT molecular complexity index is 1320. The molecule has 3 rings (SSSR count). The standard InChI is InChI=1S/C22H13ClF8N2O4/c23-12-8-10(37-22(29,30)31)2-4-14(12)36-15-5-6-20(21(26,27)28,17(25)16(15)19(33)35)9-1-3-13(24)11(7-9)18(32)34/h1-8,17H,(H2,32,34)(H2,33,35). The monoisotopic (exact) mass is 556 g/mol. The molecular formula is C22H13ClF8N2O4. The van der Waals surface area contributed by atoms with Gasteiger partial charge in [-0.05, 0) is 35.9 Å². The minimum atomic E-state index is -5.48. The Hall–Kier alpha value is -3.81. The molecule has 2 atom stereocenters. The van der Waals surface area contributed by atoms with Crippen LogP contribution in [-0.2, 0) is 10.2 Å². The average molecular weight is 557 g/mol. The van der Waals surface area contributed by atoms with Crippen molar-refractivity contribution in [3.05, 3.63) is 81.8 Å². The lowest BCUT2D eigenvalue weighted by molar-refractivity contribution is -0.274. The molecular weight excluding hydrogens is 544 g/mol. The zero-order chi connectivity index (χ0) is 27.9. The van der Waals surface area contributed by atoms with Gasteiger partial charge in [-0.25, -0.2) is 8.78 Å². The maximum atomic E-state index is 15.7. The summed E-state index contributed by atoms with van der Waals surface area (Å²) >= 11 is 5.84. The highest BCUT2D eigenvalue weighted by Crippen LogP contribution is 2.51. The number of ether oxygens (including phenoxy) is 2.